The van der Waals surface area contributed by atoms with Crippen molar-refractivity contribution < 1.29 is 9.18 Å². The Morgan fingerprint density at radius 1 is 0.962 bits per heavy atom. The van der Waals surface area contributed by atoms with Gasteiger partial charge in [-0.1, -0.05) is 42.0 Å². The number of hydrogen-bond acceptors (Lipinski definition) is 3. The molecule has 0 aliphatic rings. The first-order valence-corrected chi connectivity index (χ1v) is 8.37. The van der Waals surface area contributed by atoms with Gasteiger partial charge in [-0.2, -0.15) is 0 Å². The maximum absolute atomic E-state index is 12.9. The van der Waals surface area contributed by atoms with Crippen molar-refractivity contribution in [3.05, 3.63) is 95.1 Å². The summed E-state index contributed by atoms with van der Waals surface area (Å²) in [5, 5.41) is 6.08. The number of amides is 1. The minimum atomic E-state index is -0.261. The van der Waals surface area contributed by atoms with Gasteiger partial charge in [-0.3, -0.25) is 9.78 Å². The van der Waals surface area contributed by atoms with E-state index in [0.29, 0.717) is 18.7 Å². The van der Waals surface area contributed by atoms with Crippen LogP contribution in [0, 0.1) is 12.7 Å². The summed E-state index contributed by atoms with van der Waals surface area (Å²) in [5.41, 5.74) is 4.39. The molecule has 1 aromatic heterocycles. The van der Waals surface area contributed by atoms with Crippen molar-refractivity contribution in [1.82, 2.24) is 10.3 Å². The lowest BCUT2D eigenvalue weighted by Gasteiger charge is -2.09. The summed E-state index contributed by atoms with van der Waals surface area (Å²) in [6.45, 7) is 3.02. The third-order valence-electron chi connectivity index (χ3n) is 3.98. The van der Waals surface area contributed by atoms with Crippen LogP contribution in [0.25, 0.3) is 0 Å². The van der Waals surface area contributed by atoms with Crippen LogP contribution in [0.1, 0.15) is 27.0 Å². The summed E-state index contributed by atoms with van der Waals surface area (Å²) >= 11 is 0. The van der Waals surface area contributed by atoms with E-state index in [-0.39, 0.29) is 11.7 Å². The van der Waals surface area contributed by atoms with Gasteiger partial charge in [0.2, 0.25) is 0 Å². The number of carbonyl (C=O) groups excluding carboxylic acids is 1. The summed E-state index contributed by atoms with van der Waals surface area (Å²) in [4.78, 5) is 16.4. The molecule has 3 rings (SSSR count). The Morgan fingerprint density at radius 2 is 1.62 bits per heavy atom. The van der Waals surface area contributed by atoms with E-state index in [1.807, 2.05) is 31.2 Å². The molecule has 0 spiro atoms. The number of aromatic nitrogens is 1. The van der Waals surface area contributed by atoms with Gasteiger partial charge < -0.3 is 10.6 Å². The van der Waals surface area contributed by atoms with E-state index in [4.69, 9.17) is 0 Å². The third-order valence-corrected chi connectivity index (χ3v) is 3.98. The first-order chi connectivity index (χ1) is 12.6. The van der Waals surface area contributed by atoms with Crippen LogP contribution in [0.4, 0.5) is 10.1 Å². The van der Waals surface area contributed by atoms with Gasteiger partial charge in [0, 0.05) is 25.5 Å². The van der Waals surface area contributed by atoms with E-state index in [0.717, 1.165) is 16.8 Å². The number of anilines is 1. The van der Waals surface area contributed by atoms with Crippen molar-refractivity contribution in [3.8, 4) is 0 Å². The normalized spacial score (nSPS) is 10.4. The molecule has 0 fully saturated rings. The summed E-state index contributed by atoms with van der Waals surface area (Å²) in [5.74, 6) is -0.439. The molecule has 26 heavy (non-hydrogen) atoms. The molecule has 0 unspecified atom stereocenters. The average molecular weight is 349 g/mol. The Hall–Kier alpha value is -3.21. The first kappa shape index (κ1) is 17.6. The summed E-state index contributed by atoms with van der Waals surface area (Å²) in [7, 11) is 0. The van der Waals surface area contributed by atoms with Crippen LogP contribution < -0.4 is 10.6 Å². The maximum Gasteiger partial charge on any atom is 0.253 e. The minimum Gasteiger partial charge on any atom is -0.380 e. The largest absolute Gasteiger partial charge is 0.380 e. The summed E-state index contributed by atoms with van der Waals surface area (Å²) < 4.78 is 12.9. The van der Waals surface area contributed by atoms with Crippen LogP contribution in [0.15, 0.2) is 67.0 Å². The van der Waals surface area contributed by atoms with Gasteiger partial charge in [0.25, 0.3) is 5.91 Å². The van der Waals surface area contributed by atoms with E-state index in [1.54, 1.807) is 24.4 Å². The highest BCUT2D eigenvalue weighted by molar-refractivity contribution is 5.94. The number of benzene rings is 2. The van der Waals surface area contributed by atoms with Crippen LogP contribution in [-0.4, -0.2) is 10.9 Å². The maximum atomic E-state index is 12.9. The van der Waals surface area contributed by atoms with Crippen LogP contribution in [0.2, 0.25) is 0 Å². The Labute approximate surface area is 152 Å². The van der Waals surface area contributed by atoms with Crippen molar-refractivity contribution >= 4 is 11.6 Å². The van der Waals surface area contributed by atoms with E-state index < -0.39 is 0 Å². The number of aryl methyl sites for hydroxylation is 1. The molecule has 3 aromatic rings. The number of rotatable bonds is 6. The van der Waals surface area contributed by atoms with Crippen LogP contribution >= 0.6 is 0 Å². The SMILES string of the molecule is Cc1ccc(CNC(=O)c2cncc(NCc3ccc(F)cc3)c2)cc1. The van der Waals surface area contributed by atoms with Crippen LogP contribution in [-0.2, 0) is 13.1 Å². The average Bonchev–Trinajstić information content (AvgIpc) is 2.67. The molecular weight excluding hydrogens is 329 g/mol. The molecule has 2 N–H and O–H groups in total. The number of pyridine rings is 1. The molecular formula is C21H20FN3O. The number of nitrogens with one attached hydrogen (secondary N) is 2. The van der Waals surface area contributed by atoms with Crippen LogP contribution in [0.5, 0.6) is 0 Å². The third kappa shape index (κ3) is 4.89. The molecule has 0 aliphatic heterocycles. The first-order valence-electron chi connectivity index (χ1n) is 8.37. The molecule has 4 nitrogen and oxygen atoms in total. The fraction of sp³-hybridized carbons (Fsp3) is 0.143. The van der Waals surface area contributed by atoms with Gasteiger partial charge in [0.05, 0.1) is 11.3 Å². The van der Waals surface area contributed by atoms with Crippen molar-refractivity contribution in [2.75, 3.05) is 5.32 Å². The molecule has 0 saturated carbocycles. The van der Waals surface area contributed by atoms with Crippen molar-refractivity contribution in [2.45, 2.75) is 20.0 Å². The van der Waals surface area contributed by atoms with Gasteiger partial charge in [0.15, 0.2) is 0 Å². The predicted molar refractivity (Wildman–Crippen MR) is 100 cm³/mol. The number of halogens is 1. The molecule has 1 heterocycles. The Kier molecular flexibility index (Phi) is 5.59. The minimum absolute atomic E-state index is 0.177. The van der Waals surface area contributed by atoms with Gasteiger partial charge in [-0.15, -0.1) is 0 Å². The highest BCUT2D eigenvalue weighted by atomic mass is 19.1. The second-order valence-electron chi connectivity index (χ2n) is 6.11. The number of nitrogens with zero attached hydrogens (tertiary/aromatic N) is 1. The van der Waals surface area contributed by atoms with Crippen LogP contribution in [0.3, 0.4) is 0 Å². The van der Waals surface area contributed by atoms with E-state index in [9.17, 15) is 9.18 Å². The van der Waals surface area contributed by atoms with Crippen molar-refractivity contribution in [2.24, 2.45) is 0 Å². The van der Waals surface area contributed by atoms with E-state index in [1.165, 1.54) is 23.9 Å². The highest BCUT2D eigenvalue weighted by Crippen LogP contribution is 2.11. The lowest BCUT2D eigenvalue weighted by atomic mass is 10.1. The smallest absolute Gasteiger partial charge is 0.253 e. The Morgan fingerprint density at radius 3 is 2.35 bits per heavy atom. The van der Waals surface area contributed by atoms with Gasteiger partial charge in [0.1, 0.15) is 5.82 Å². The standard InChI is InChI=1S/C21H20FN3O/c1-15-2-4-16(5-3-15)12-25-21(26)18-10-20(14-23-13-18)24-11-17-6-8-19(22)9-7-17/h2-10,13-14,24H,11-12H2,1H3,(H,25,26). The highest BCUT2D eigenvalue weighted by Gasteiger charge is 2.07. The summed E-state index contributed by atoms with van der Waals surface area (Å²) in [6, 6.07) is 16.0. The Bertz CT molecular complexity index is 877. The fourth-order valence-electron chi connectivity index (χ4n) is 2.46. The molecule has 2 aromatic carbocycles. The monoisotopic (exact) mass is 349 g/mol. The molecule has 5 heteroatoms. The molecule has 132 valence electrons. The topological polar surface area (TPSA) is 54.0 Å². The number of hydrogen-bond donors (Lipinski definition) is 2. The molecule has 0 bridgehead atoms. The second-order valence-corrected chi connectivity index (χ2v) is 6.11. The van der Waals surface area contributed by atoms with Gasteiger partial charge in [-0.05, 0) is 36.2 Å². The molecule has 0 atom stereocenters. The zero-order valence-electron chi connectivity index (χ0n) is 14.5. The second kappa shape index (κ2) is 8.25. The number of carbonyl (C=O) groups is 1. The molecule has 0 aliphatic carbocycles. The predicted octanol–water partition coefficient (Wildman–Crippen LogP) is 4.07. The Balaban J connectivity index is 1.58. The lowest BCUT2D eigenvalue weighted by molar-refractivity contribution is 0.0950. The van der Waals surface area contributed by atoms with Crippen molar-refractivity contribution in [1.29, 1.82) is 0 Å². The van der Waals surface area contributed by atoms with E-state index >= 15 is 0 Å². The molecule has 0 radical (unpaired) electrons. The lowest BCUT2D eigenvalue weighted by Crippen LogP contribution is -2.23. The van der Waals surface area contributed by atoms with E-state index in [2.05, 4.69) is 15.6 Å². The molecule has 0 saturated heterocycles. The quantitative estimate of drug-likeness (QED) is 0.705. The summed E-state index contributed by atoms with van der Waals surface area (Å²) in [6.07, 6.45) is 3.19. The zero-order valence-corrected chi connectivity index (χ0v) is 14.5. The van der Waals surface area contributed by atoms with Gasteiger partial charge >= 0.3 is 0 Å². The van der Waals surface area contributed by atoms with Gasteiger partial charge in [-0.25, -0.2) is 4.39 Å². The molecule has 1 amide bonds. The van der Waals surface area contributed by atoms with Crippen molar-refractivity contribution in [3.63, 3.8) is 0 Å². The zero-order chi connectivity index (χ0) is 18.4. The fourth-order valence-corrected chi connectivity index (χ4v) is 2.46.